The van der Waals surface area contributed by atoms with Crippen LogP contribution in [0.3, 0.4) is 0 Å². The van der Waals surface area contributed by atoms with Gasteiger partial charge >= 0.3 is 0 Å². The van der Waals surface area contributed by atoms with Crippen LogP contribution in [0.5, 0.6) is 0 Å². The molecule has 0 N–H and O–H groups in total. The molecule has 0 amide bonds. The van der Waals surface area contributed by atoms with Crippen LogP contribution in [-0.2, 0) is 0 Å². The van der Waals surface area contributed by atoms with Crippen LogP contribution in [0.25, 0.3) is 5.82 Å². The highest BCUT2D eigenvalue weighted by Crippen LogP contribution is 2.20. The topological polar surface area (TPSA) is 30.7 Å². The SMILES string of the molecule is Fc1c(Cl)nc(Br)nc1-n1cccc1. The van der Waals surface area contributed by atoms with Crippen LogP contribution in [0.4, 0.5) is 4.39 Å². The zero-order chi connectivity index (χ0) is 10.1. The van der Waals surface area contributed by atoms with Crippen molar-refractivity contribution in [3.8, 4) is 5.82 Å². The van der Waals surface area contributed by atoms with Crippen LogP contribution < -0.4 is 0 Å². The van der Waals surface area contributed by atoms with Gasteiger partial charge in [0.2, 0.25) is 5.82 Å². The van der Waals surface area contributed by atoms with Crippen molar-refractivity contribution in [1.29, 1.82) is 0 Å². The molecular weight excluding hydrogens is 272 g/mol. The van der Waals surface area contributed by atoms with Crippen molar-refractivity contribution in [2.45, 2.75) is 0 Å². The second-order valence-electron chi connectivity index (χ2n) is 2.51. The normalized spacial score (nSPS) is 10.5. The van der Waals surface area contributed by atoms with Crippen LogP contribution >= 0.6 is 27.5 Å². The molecule has 0 saturated heterocycles. The zero-order valence-corrected chi connectivity index (χ0v) is 9.13. The van der Waals surface area contributed by atoms with Gasteiger partial charge in [0.15, 0.2) is 15.7 Å². The molecule has 72 valence electrons. The van der Waals surface area contributed by atoms with Gasteiger partial charge in [0, 0.05) is 12.4 Å². The predicted octanol–water partition coefficient (Wildman–Crippen LogP) is 2.82. The summed E-state index contributed by atoms with van der Waals surface area (Å²) in [5.74, 6) is -0.507. The largest absolute Gasteiger partial charge is 0.306 e. The lowest BCUT2D eigenvalue weighted by molar-refractivity contribution is 0.600. The van der Waals surface area contributed by atoms with Gasteiger partial charge in [0.25, 0.3) is 0 Å². The van der Waals surface area contributed by atoms with E-state index in [0.717, 1.165) is 0 Å². The Morgan fingerprint density at radius 3 is 2.57 bits per heavy atom. The molecule has 0 radical (unpaired) electrons. The molecule has 0 aliphatic rings. The fraction of sp³-hybridized carbons (Fsp3) is 0. The molecule has 3 nitrogen and oxygen atoms in total. The standard InChI is InChI=1S/C8H4BrClFN3/c9-8-12-6(10)5(11)7(13-8)14-3-1-2-4-14/h1-4H. The van der Waals surface area contributed by atoms with Gasteiger partial charge in [-0.3, -0.25) is 0 Å². The minimum Gasteiger partial charge on any atom is -0.306 e. The first-order chi connectivity index (χ1) is 6.68. The second kappa shape index (κ2) is 3.67. The number of rotatable bonds is 1. The Labute approximate surface area is 92.7 Å². The van der Waals surface area contributed by atoms with E-state index in [2.05, 4.69) is 25.9 Å². The third-order valence-corrected chi connectivity index (χ3v) is 2.22. The molecule has 0 saturated carbocycles. The number of nitrogens with zero attached hydrogens (tertiary/aromatic N) is 3. The minimum atomic E-state index is -0.633. The van der Waals surface area contributed by atoms with E-state index in [1.807, 2.05) is 0 Å². The van der Waals surface area contributed by atoms with E-state index in [1.165, 1.54) is 4.57 Å². The minimum absolute atomic E-state index is 0.127. The molecule has 0 aliphatic heterocycles. The van der Waals surface area contributed by atoms with Crippen LogP contribution in [-0.4, -0.2) is 14.5 Å². The average molecular weight is 276 g/mol. The van der Waals surface area contributed by atoms with Crippen molar-refractivity contribution in [3.05, 3.63) is 40.2 Å². The molecule has 2 aromatic rings. The lowest BCUT2D eigenvalue weighted by atomic mass is 10.5. The van der Waals surface area contributed by atoms with E-state index in [9.17, 15) is 4.39 Å². The molecule has 0 spiro atoms. The summed E-state index contributed by atoms with van der Waals surface area (Å²) in [6, 6.07) is 3.53. The Morgan fingerprint density at radius 1 is 1.29 bits per heavy atom. The summed E-state index contributed by atoms with van der Waals surface area (Å²) in [5, 5.41) is -0.199. The first kappa shape index (κ1) is 9.61. The maximum atomic E-state index is 13.4. The molecule has 2 aromatic heterocycles. The summed E-state index contributed by atoms with van der Waals surface area (Å²) >= 11 is 8.61. The molecule has 6 heteroatoms. The fourth-order valence-corrected chi connectivity index (χ4v) is 1.64. The maximum Gasteiger partial charge on any atom is 0.203 e. The molecule has 0 aliphatic carbocycles. The van der Waals surface area contributed by atoms with E-state index >= 15 is 0 Å². The number of hydrogen-bond donors (Lipinski definition) is 0. The van der Waals surface area contributed by atoms with Crippen molar-refractivity contribution in [1.82, 2.24) is 14.5 Å². The van der Waals surface area contributed by atoms with E-state index < -0.39 is 5.82 Å². The Bertz CT molecular complexity index is 458. The molecule has 0 unspecified atom stereocenters. The van der Waals surface area contributed by atoms with Crippen LogP contribution in [0.15, 0.2) is 29.3 Å². The van der Waals surface area contributed by atoms with Gasteiger partial charge in [-0.2, -0.15) is 4.39 Å². The lowest BCUT2D eigenvalue weighted by Gasteiger charge is -2.04. The van der Waals surface area contributed by atoms with Crippen molar-refractivity contribution in [2.75, 3.05) is 0 Å². The third-order valence-electron chi connectivity index (χ3n) is 1.62. The summed E-state index contributed by atoms with van der Waals surface area (Å²) in [6.07, 6.45) is 3.35. The zero-order valence-electron chi connectivity index (χ0n) is 6.78. The molecular formula is C8H4BrClFN3. The van der Waals surface area contributed by atoms with Crippen molar-refractivity contribution >= 4 is 27.5 Å². The van der Waals surface area contributed by atoms with Gasteiger partial charge in [-0.1, -0.05) is 11.6 Å². The van der Waals surface area contributed by atoms with Gasteiger partial charge in [-0.15, -0.1) is 0 Å². The average Bonchev–Trinajstić information content (AvgIpc) is 2.63. The van der Waals surface area contributed by atoms with Gasteiger partial charge < -0.3 is 4.57 Å². The number of halogens is 3. The van der Waals surface area contributed by atoms with Gasteiger partial charge in [0.05, 0.1) is 0 Å². The smallest absolute Gasteiger partial charge is 0.203 e. The van der Waals surface area contributed by atoms with Gasteiger partial charge in [-0.05, 0) is 28.1 Å². The fourth-order valence-electron chi connectivity index (χ4n) is 1.03. The molecule has 14 heavy (non-hydrogen) atoms. The maximum absolute atomic E-state index is 13.4. The van der Waals surface area contributed by atoms with Crippen molar-refractivity contribution in [3.63, 3.8) is 0 Å². The lowest BCUT2D eigenvalue weighted by Crippen LogP contribution is -2.01. The van der Waals surface area contributed by atoms with E-state index in [0.29, 0.717) is 0 Å². The Hall–Kier alpha value is -0.940. The predicted molar refractivity (Wildman–Crippen MR) is 54.0 cm³/mol. The first-order valence-corrected chi connectivity index (χ1v) is 4.87. The second-order valence-corrected chi connectivity index (χ2v) is 3.58. The van der Waals surface area contributed by atoms with Crippen LogP contribution in [0, 0.1) is 5.82 Å². The molecule has 0 bridgehead atoms. The van der Waals surface area contributed by atoms with E-state index in [-0.39, 0.29) is 15.7 Å². The quantitative estimate of drug-likeness (QED) is 0.592. The molecule has 0 atom stereocenters. The molecule has 2 heterocycles. The van der Waals surface area contributed by atoms with Crippen molar-refractivity contribution in [2.24, 2.45) is 0 Å². The molecule has 2 rings (SSSR count). The van der Waals surface area contributed by atoms with E-state index in [4.69, 9.17) is 11.6 Å². The summed E-state index contributed by atoms with van der Waals surface area (Å²) in [7, 11) is 0. The molecule has 0 fully saturated rings. The Morgan fingerprint density at radius 2 is 1.93 bits per heavy atom. The van der Waals surface area contributed by atoms with Crippen molar-refractivity contribution < 1.29 is 4.39 Å². The summed E-state index contributed by atoms with van der Waals surface area (Å²) in [6.45, 7) is 0. The first-order valence-electron chi connectivity index (χ1n) is 3.70. The van der Waals surface area contributed by atoms with Crippen LogP contribution in [0.1, 0.15) is 0 Å². The third kappa shape index (κ3) is 1.65. The summed E-state index contributed by atoms with van der Waals surface area (Å²) < 4.78 is 15.2. The number of aromatic nitrogens is 3. The number of hydrogen-bond acceptors (Lipinski definition) is 2. The van der Waals surface area contributed by atoms with Crippen LogP contribution in [0.2, 0.25) is 5.15 Å². The highest BCUT2D eigenvalue weighted by atomic mass is 79.9. The summed E-state index contributed by atoms with van der Waals surface area (Å²) in [5.41, 5.74) is 0. The van der Waals surface area contributed by atoms with E-state index in [1.54, 1.807) is 24.5 Å². The monoisotopic (exact) mass is 275 g/mol. The highest BCUT2D eigenvalue weighted by Gasteiger charge is 2.12. The Balaban J connectivity index is 2.64. The highest BCUT2D eigenvalue weighted by molar-refractivity contribution is 9.10. The van der Waals surface area contributed by atoms with Gasteiger partial charge in [-0.25, -0.2) is 9.97 Å². The summed E-state index contributed by atoms with van der Waals surface area (Å²) in [4.78, 5) is 7.51. The van der Waals surface area contributed by atoms with Gasteiger partial charge in [0.1, 0.15) is 0 Å². The Kier molecular flexibility index (Phi) is 2.52. The molecule has 0 aromatic carbocycles.